The first kappa shape index (κ1) is 47.7. The van der Waals surface area contributed by atoms with Crippen LogP contribution in [-0.4, -0.2) is 66.6 Å². The fraction of sp³-hybridized carbons (Fsp3) is 0. The highest BCUT2D eigenvalue weighted by Crippen LogP contribution is 2.29. The minimum absolute atomic E-state index is 0.0272. The van der Waals surface area contributed by atoms with E-state index in [1.54, 1.807) is 109 Å². The Kier molecular flexibility index (Phi) is 13.7. The standard InChI is InChI=1S/C57H42N12O6/c70-49-28-19-34-7-1-4-10-43(34)46(49)31-58-67-52(73)37-13-22-40(23-14-37)61-55-64-56(62-41-24-15-38(16-25-41)53(74)68-59-32-47-44-11-5-2-8-35(44)20-29-50(47)71)66-57(65-55)63-42-26-17-39(18-27-42)54(75)69-60-33-48-45-12-6-3-9-36(45)21-30-51(48)72/h1-33,70-72H,(H,67,73)(H,68,74)(H,69,75)(H3,61,62,63,64,65,66)/b58-31+,59-32+,60-33+. The third-order valence-electron chi connectivity index (χ3n) is 11.8. The van der Waals surface area contributed by atoms with E-state index in [0.29, 0.717) is 50.4 Å². The van der Waals surface area contributed by atoms with Gasteiger partial charge in [0.2, 0.25) is 17.8 Å². The maximum atomic E-state index is 13.1. The summed E-state index contributed by atoms with van der Waals surface area (Å²) in [4.78, 5) is 53.0. The molecule has 3 amide bonds. The molecule has 9 N–H and O–H groups in total. The zero-order chi connectivity index (χ0) is 51.7. The van der Waals surface area contributed by atoms with Crippen LogP contribution in [0.15, 0.2) is 197 Å². The van der Waals surface area contributed by atoms with Crippen LogP contribution in [0.5, 0.6) is 17.2 Å². The van der Waals surface area contributed by atoms with Crippen molar-refractivity contribution in [3.05, 3.63) is 215 Å². The van der Waals surface area contributed by atoms with Crippen molar-refractivity contribution in [2.45, 2.75) is 0 Å². The Morgan fingerprint density at radius 3 is 0.893 bits per heavy atom. The summed E-state index contributed by atoms with van der Waals surface area (Å²) in [7, 11) is 0. The van der Waals surface area contributed by atoms with Gasteiger partial charge in [-0.2, -0.15) is 30.3 Å². The number of fused-ring (bicyclic) bond motifs is 3. The molecule has 0 saturated heterocycles. The molecule has 0 bridgehead atoms. The SMILES string of the molecule is O=C(N/N=C/c1c(O)ccc2ccccc12)c1ccc(Nc2nc(Nc3ccc(C(=O)N/N=C/c4c(O)ccc5ccccc45)cc3)nc(Nc3ccc(C(=O)N/N=C/c4c(O)ccc5ccccc45)cc3)n2)cc1. The minimum atomic E-state index is -0.481. The monoisotopic (exact) mass is 990 g/mol. The number of benzene rings is 9. The van der Waals surface area contributed by atoms with Crippen LogP contribution >= 0.6 is 0 Å². The van der Waals surface area contributed by atoms with Crippen LogP contribution in [0.1, 0.15) is 47.8 Å². The van der Waals surface area contributed by atoms with E-state index >= 15 is 0 Å². The summed E-state index contributed by atoms with van der Waals surface area (Å²) in [6, 6.07) is 52.2. The second-order valence-electron chi connectivity index (χ2n) is 16.7. The molecule has 0 aliphatic heterocycles. The molecule has 75 heavy (non-hydrogen) atoms. The number of rotatable bonds is 15. The van der Waals surface area contributed by atoms with Crippen LogP contribution in [-0.2, 0) is 0 Å². The number of hydrogen-bond donors (Lipinski definition) is 9. The van der Waals surface area contributed by atoms with E-state index in [9.17, 15) is 29.7 Å². The third-order valence-corrected chi connectivity index (χ3v) is 11.8. The van der Waals surface area contributed by atoms with Gasteiger partial charge in [0.25, 0.3) is 17.7 Å². The highest BCUT2D eigenvalue weighted by Gasteiger charge is 2.14. The van der Waals surface area contributed by atoms with Gasteiger partial charge < -0.3 is 31.3 Å². The molecule has 18 heteroatoms. The van der Waals surface area contributed by atoms with E-state index in [4.69, 9.17) is 0 Å². The Hall–Kier alpha value is -11.0. The number of carbonyl (C=O) groups is 3. The van der Waals surface area contributed by atoms with Gasteiger partial charge in [-0.1, -0.05) is 91.0 Å². The van der Waals surface area contributed by atoms with Crippen LogP contribution in [0, 0.1) is 0 Å². The van der Waals surface area contributed by atoms with Crippen LogP contribution in [0.3, 0.4) is 0 Å². The van der Waals surface area contributed by atoms with Crippen molar-refractivity contribution in [3.8, 4) is 17.2 Å². The average molecular weight is 991 g/mol. The topological polar surface area (TPSA) is 260 Å². The first-order valence-electron chi connectivity index (χ1n) is 23.1. The van der Waals surface area contributed by atoms with E-state index in [1.807, 2.05) is 72.8 Å². The maximum Gasteiger partial charge on any atom is 0.271 e. The van der Waals surface area contributed by atoms with Crippen LogP contribution in [0.4, 0.5) is 34.9 Å². The quantitative estimate of drug-likeness (QED) is 0.0343. The lowest BCUT2D eigenvalue weighted by molar-refractivity contribution is 0.0947. The molecule has 0 aliphatic rings. The highest BCUT2D eigenvalue weighted by atomic mass is 16.3. The van der Waals surface area contributed by atoms with Gasteiger partial charge in [-0.3, -0.25) is 14.4 Å². The maximum absolute atomic E-state index is 13.1. The second kappa shape index (κ2) is 21.5. The molecule has 0 radical (unpaired) electrons. The van der Waals surface area contributed by atoms with Crippen molar-refractivity contribution in [1.82, 2.24) is 31.2 Å². The molecular formula is C57H42N12O6. The van der Waals surface area contributed by atoms with E-state index in [1.165, 1.54) is 18.6 Å². The van der Waals surface area contributed by atoms with Crippen molar-refractivity contribution in [1.29, 1.82) is 0 Å². The Morgan fingerprint density at radius 1 is 0.347 bits per heavy atom. The van der Waals surface area contributed by atoms with Gasteiger partial charge in [-0.15, -0.1) is 0 Å². The lowest BCUT2D eigenvalue weighted by atomic mass is 10.0. The largest absolute Gasteiger partial charge is 0.507 e. The molecule has 366 valence electrons. The number of amides is 3. The molecule has 0 spiro atoms. The number of aromatic hydroxyl groups is 3. The first-order valence-corrected chi connectivity index (χ1v) is 23.1. The molecular weight excluding hydrogens is 949 g/mol. The Balaban J connectivity index is 0.834. The normalized spacial score (nSPS) is 11.4. The lowest BCUT2D eigenvalue weighted by Gasteiger charge is -2.12. The van der Waals surface area contributed by atoms with Gasteiger partial charge in [0.1, 0.15) is 17.2 Å². The van der Waals surface area contributed by atoms with Crippen LogP contribution in [0.25, 0.3) is 32.3 Å². The van der Waals surface area contributed by atoms with Gasteiger partial charge in [0.15, 0.2) is 0 Å². The zero-order valence-electron chi connectivity index (χ0n) is 39.3. The van der Waals surface area contributed by atoms with Crippen molar-refractivity contribution in [2.75, 3.05) is 16.0 Å². The number of hydrogen-bond acceptors (Lipinski definition) is 15. The van der Waals surface area contributed by atoms with E-state index in [-0.39, 0.29) is 35.1 Å². The second-order valence-corrected chi connectivity index (χ2v) is 16.7. The summed E-state index contributed by atoms with van der Waals surface area (Å²) in [5.41, 5.74) is 11.4. The highest BCUT2D eigenvalue weighted by molar-refractivity contribution is 6.05. The summed E-state index contributed by atoms with van der Waals surface area (Å²) < 4.78 is 0. The number of aromatic nitrogens is 3. The average Bonchev–Trinajstić information content (AvgIpc) is 3.43. The molecule has 0 aliphatic carbocycles. The van der Waals surface area contributed by atoms with Crippen molar-refractivity contribution >= 4 is 104 Å². The molecule has 0 fully saturated rings. The molecule has 0 unspecified atom stereocenters. The number of nitrogens with one attached hydrogen (secondary N) is 6. The van der Waals surface area contributed by atoms with Crippen LogP contribution < -0.4 is 32.2 Å². The van der Waals surface area contributed by atoms with E-state index < -0.39 is 17.7 Å². The van der Waals surface area contributed by atoms with Crippen LogP contribution in [0.2, 0.25) is 0 Å². The van der Waals surface area contributed by atoms with Gasteiger partial charge in [-0.25, -0.2) is 16.3 Å². The summed E-state index contributed by atoms with van der Waals surface area (Å²) in [5, 5.41) is 58.2. The Morgan fingerprint density at radius 2 is 0.613 bits per heavy atom. The third kappa shape index (κ3) is 11.1. The fourth-order valence-corrected chi connectivity index (χ4v) is 7.97. The first-order chi connectivity index (χ1) is 36.6. The predicted molar refractivity (Wildman–Crippen MR) is 291 cm³/mol. The van der Waals surface area contributed by atoms with Gasteiger partial charge in [0.05, 0.1) is 18.6 Å². The summed E-state index contributed by atoms with van der Waals surface area (Å²) in [5.74, 6) is -1.02. The van der Waals surface area contributed by atoms with E-state index in [2.05, 4.69) is 62.5 Å². The number of phenolic OH excluding ortho intramolecular Hbond substituents is 3. The summed E-state index contributed by atoms with van der Waals surface area (Å²) in [6.45, 7) is 0. The number of hydrazone groups is 3. The van der Waals surface area contributed by atoms with Crippen molar-refractivity contribution in [3.63, 3.8) is 0 Å². The molecule has 10 aromatic rings. The molecule has 1 heterocycles. The van der Waals surface area contributed by atoms with E-state index in [0.717, 1.165) is 32.3 Å². The van der Waals surface area contributed by atoms with Gasteiger partial charge in [-0.05, 0) is 123 Å². The lowest BCUT2D eigenvalue weighted by Crippen LogP contribution is -2.17. The molecule has 10 rings (SSSR count). The predicted octanol–water partition coefficient (Wildman–Crippen LogP) is 9.97. The zero-order valence-corrected chi connectivity index (χ0v) is 39.3. The fourth-order valence-electron chi connectivity index (χ4n) is 7.97. The molecule has 1 aromatic heterocycles. The molecule has 18 nitrogen and oxygen atoms in total. The number of nitrogens with zero attached hydrogens (tertiary/aromatic N) is 6. The number of phenols is 3. The van der Waals surface area contributed by atoms with Crippen molar-refractivity contribution in [2.24, 2.45) is 15.3 Å². The minimum Gasteiger partial charge on any atom is -0.507 e. The Bertz CT molecular complexity index is 3470. The van der Waals surface area contributed by atoms with Gasteiger partial charge >= 0.3 is 0 Å². The Labute approximate surface area is 426 Å². The smallest absolute Gasteiger partial charge is 0.271 e. The van der Waals surface area contributed by atoms with Crippen molar-refractivity contribution < 1.29 is 29.7 Å². The molecule has 9 aromatic carbocycles. The van der Waals surface area contributed by atoms with Gasteiger partial charge in [0, 0.05) is 50.4 Å². The summed E-state index contributed by atoms with van der Waals surface area (Å²) in [6.07, 6.45) is 4.20. The molecule has 0 saturated carbocycles. The summed E-state index contributed by atoms with van der Waals surface area (Å²) >= 11 is 0. The number of anilines is 6. The number of carbonyl (C=O) groups excluding carboxylic acids is 3. The molecule has 0 atom stereocenters.